The Hall–Kier alpha value is -0.0800. The van der Waals surface area contributed by atoms with Gasteiger partial charge in [0.1, 0.15) is 0 Å². The molecule has 1 atom stereocenters. The molecule has 2 fully saturated rings. The summed E-state index contributed by atoms with van der Waals surface area (Å²) in [5, 5.41) is 9.33. The Morgan fingerprint density at radius 1 is 1.17 bits per heavy atom. The van der Waals surface area contributed by atoms with Gasteiger partial charge >= 0.3 is 0 Å². The number of aliphatic hydroxyl groups excluding tert-OH is 1. The highest BCUT2D eigenvalue weighted by molar-refractivity contribution is 4.78. The van der Waals surface area contributed by atoms with Gasteiger partial charge in [0, 0.05) is 19.6 Å². The van der Waals surface area contributed by atoms with Gasteiger partial charge in [0.2, 0.25) is 0 Å². The maximum Gasteiger partial charge on any atom is 0.0679 e. The first-order valence-electron chi connectivity index (χ1n) is 5.25. The summed E-state index contributed by atoms with van der Waals surface area (Å²) < 4.78 is 0. The van der Waals surface area contributed by atoms with Crippen molar-refractivity contribution in [2.75, 3.05) is 19.6 Å². The number of hydrogen-bond acceptors (Lipinski definition) is 2. The van der Waals surface area contributed by atoms with Crippen LogP contribution in [0.25, 0.3) is 0 Å². The number of likely N-dealkylation sites (tertiary alicyclic amines) is 1. The Bertz CT molecular complexity index is 143. The van der Waals surface area contributed by atoms with Crippen molar-refractivity contribution in [3.8, 4) is 0 Å². The molecule has 12 heavy (non-hydrogen) atoms. The number of aliphatic hydroxyl groups is 1. The van der Waals surface area contributed by atoms with Crippen molar-refractivity contribution in [1.29, 1.82) is 0 Å². The molecule has 1 saturated carbocycles. The summed E-state index contributed by atoms with van der Waals surface area (Å²) in [7, 11) is 0. The smallest absolute Gasteiger partial charge is 0.0679 e. The fraction of sp³-hybridized carbons (Fsp3) is 1.00. The maximum atomic E-state index is 9.33. The predicted octanol–water partition coefficient (Wildman–Crippen LogP) is 1.24. The van der Waals surface area contributed by atoms with Crippen LogP contribution >= 0.6 is 0 Å². The molecule has 2 nitrogen and oxygen atoms in total. The zero-order valence-corrected chi connectivity index (χ0v) is 7.71. The van der Waals surface area contributed by atoms with Crippen LogP contribution in [0.1, 0.15) is 32.1 Å². The third-order valence-corrected chi connectivity index (χ3v) is 3.24. The van der Waals surface area contributed by atoms with Crippen molar-refractivity contribution in [3.63, 3.8) is 0 Å². The van der Waals surface area contributed by atoms with Gasteiger partial charge in [0.05, 0.1) is 6.10 Å². The fourth-order valence-electron chi connectivity index (χ4n) is 2.54. The lowest BCUT2D eigenvalue weighted by Gasteiger charge is -2.19. The molecule has 0 radical (unpaired) electrons. The number of hydrogen-bond donors (Lipinski definition) is 1. The molecular weight excluding hydrogens is 150 g/mol. The van der Waals surface area contributed by atoms with Gasteiger partial charge in [-0.2, -0.15) is 0 Å². The van der Waals surface area contributed by atoms with Crippen molar-refractivity contribution >= 4 is 0 Å². The van der Waals surface area contributed by atoms with Crippen LogP contribution in [-0.4, -0.2) is 35.7 Å². The molecule has 0 spiro atoms. The van der Waals surface area contributed by atoms with E-state index in [1.165, 1.54) is 32.2 Å². The summed E-state index contributed by atoms with van der Waals surface area (Å²) in [5.74, 6) is 0.940. The Labute approximate surface area is 74.6 Å². The van der Waals surface area contributed by atoms with E-state index in [0.717, 1.165) is 25.4 Å². The Balaban J connectivity index is 1.72. The van der Waals surface area contributed by atoms with Gasteiger partial charge in [-0.05, 0) is 25.2 Å². The standard InChI is InChI=1S/C10H19NO/c12-10-5-6-11(8-10)7-9-3-1-2-4-9/h9-10,12H,1-8H2/t10-/m1/s1. The Kier molecular flexibility index (Phi) is 2.66. The van der Waals surface area contributed by atoms with Gasteiger partial charge in [0.15, 0.2) is 0 Å². The molecular formula is C10H19NO. The third kappa shape index (κ3) is 1.99. The molecule has 1 aliphatic carbocycles. The molecule has 2 heteroatoms. The molecule has 1 saturated heterocycles. The lowest BCUT2D eigenvalue weighted by atomic mass is 10.1. The van der Waals surface area contributed by atoms with E-state index in [0.29, 0.717) is 0 Å². The topological polar surface area (TPSA) is 23.5 Å². The summed E-state index contributed by atoms with van der Waals surface area (Å²) >= 11 is 0. The van der Waals surface area contributed by atoms with Crippen molar-refractivity contribution in [2.45, 2.75) is 38.2 Å². The van der Waals surface area contributed by atoms with Crippen molar-refractivity contribution in [1.82, 2.24) is 4.90 Å². The van der Waals surface area contributed by atoms with Gasteiger partial charge in [-0.25, -0.2) is 0 Å². The van der Waals surface area contributed by atoms with Crippen LogP contribution < -0.4 is 0 Å². The van der Waals surface area contributed by atoms with E-state index < -0.39 is 0 Å². The van der Waals surface area contributed by atoms with E-state index in [1.807, 2.05) is 0 Å². The van der Waals surface area contributed by atoms with Crippen LogP contribution in [0.4, 0.5) is 0 Å². The Morgan fingerprint density at radius 3 is 2.50 bits per heavy atom. The van der Waals surface area contributed by atoms with Gasteiger partial charge < -0.3 is 10.0 Å². The molecule has 0 aromatic heterocycles. The molecule has 2 rings (SSSR count). The molecule has 0 amide bonds. The SMILES string of the molecule is O[C@@H]1CCN(CC2CCCC2)C1. The Morgan fingerprint density at radius 2 is 1.92 bits per heavy atom. The average molecular weight is 169 g/mol. The van der Waals surface area contributed by atoms with E-state index in [9.17, 15) is 5.11 Å². The van der Waals surface area contributed by atoms with Crippen molar-refractivity contribution < 1.29 is 5.11 Å². The highest BCUT2D eigenvalue weighted by atomic mass is 16.3. The minimum atomic E-state index is -0.0357. The van der Waals surface area contributed by atoms with E-state index >= 15 is 0 Å². The van der Waals surface area contributed by atoms with Crippen LogP contribution in [0.5, 0.6) is 0 Å². The summed E-state index contributed by atoms with van der Waals surface area (Å²) in [6.07, 6.45) is 6.67. The van der Waals surface area contributed by atoms with Gasteiger partial charge in [0.25, 0.3) is 0 Å². The summed E-state index contributed by atoms with van der Waals surface area (Å²) in [5.41, 5.74) is 0. The van der Waals surface area contributed by atoms with E-state index in [1.54, 1.807) is 0 Å². The molecule has 1 aliphatic heterocycles. The van der Waals surface area contributed by atoms with Gasteiger partial charge in [-0.15, -0.1) is 0 Å². The largest absolute Gasteiger partial charge is 0.392 e. The molecule has 0 aromatic rings. The summed E-state index contributed by atoms with van der Waals surface area (Å²) in [6, 6.07) is 0. The highest BCUT2D eigenvalue weighted by Gasteiger charge is 2.24. The second kappa shape index (κ2) is 3.75. The monoisotopic (exact) mass is 169 g/mol. The molecule has 1 heterocycles. The first kappa shape index (κ1) is 8.52. The number of rotatable bonds is 2. The molecule has 1 N–H and O–H groups in total. The zero-order valence-electron chi connectivity index (χ0n) is 7.71. The van der Waals surface area contributed by atoms with E-state index in [4.69, 9.17) is 0 Å². The van der Waals surface area contributed by atoms with Gasteiger partial charge in [-0.1, -0.05) is 12.8 Å². The van der Waals surface area contributed by atoms with Gasteiger partial charge in [-0.3, -0.25) is 0 Å². The van der Waals surface area contributed by atoms with Crippen LogP contribution in [0, 0.1) is 5.92 Å². The lowest BCUT2D eigenvalue weighted by molar-refractivity contribution is 0.170. The predicted molar refractivity (Wildman–Crippen MR) is 49.0 cm³/mol. The molecule has 2 aliphatic rings. The zero-order chi connectivity index (χ0) is 8.39. The third-order valence-electron chi connectivity index (χ3n) is 3.24. The quantitative estimate of drug-likeness (QED) is 0.672. The minimum absolute atomic E-state index is 0.0357. The van der Waals surface area contributed by atoms with Crippen LogP contribution in [0.2, 0.25) is 0 Å². The van der Waals surface area contributed by atoms with Crippen LogP contribution in [0.15, 0.2) is 0 Å². The lowest BCUT2D eigenvalue weighted by Crippen LogP contribution is -2.27. The van der Waals surface area contributed by atoms with E-state index in [-0.39, 0.29) is 6.10 Å². The number of nitrogens with zero attached hydrogens (tertiary/aromatic N) is 1. The first-order chi connectivity index (χ1) is 5.84. The fourth-order valence-corrected chi connectivity index (χ4v) is 2.54. The number of β-amino-alcohol motifs (C(OH)–C–C–N with tert-alkyl or cyclic N) is 1. The molecule has 70 valence electrons. The first-order valence-corrected chi connectivity index (χ1v) is 5.25. The van der Waals surface area contributed by atoms with Crippen molar-refractivity contribution in [2.24, 2.45) is 5.92 Å². The average Bonchev–Trinajstić information content (AvgIpc) is 2.63. The van der Waals surface area contributed by atoms with Crippen LogP contribution in [-0.2, 0) is 0 Å². The normalized spacial score (nSPS) is 33.2. The summed E-state index contributed by atoms with van der Waals surface area (Å²) in [6.45, 7) is 3.30. The molecule has 0 bridgehead atoms. The van der Waals surface area contributed by atoms with Crippen molar-refractivity contribution in [3.05, 3.63) is 0 Å². The molecule has 0 unspecified atom stereocenters. The minimum Gasteiger partial charge on any atom is -0.392 e. The molecule has 0 aromatic carbocycles. The van der Waals surface area contributed by atoms with Crippen LogP contribution in [0.3, 0.4) is 0 Å². The maximum absolute atomic E-state index is 9.33. The summed E-state index contributed by atoms with van der Waals surface area (Å²) in [4.78, 5) is 2.43. The second-order valence-corrected chi connectivity index (χ2v) is 4.35. The second-order valence-electron chi connectivity index (χ2n) is 4.35. The van der Waals surface area contributed by atoms with E-state index in [2.05, 4.69) is 4.90 Å². The highest BCUT2D eigenvalue weighted by Crippen LogP contribution is 2.26.